The fourth-order valence-electron chi connectivity index (χ4n) is 2.43. The Bertz CT molecular complexity index is 804. The summed E-state index contributed by atoms with van der Waals surface area (Å²) in [6.07, 6.45) is 0. The van der Waals surface area contributed by atoms with Gasteiger partial charge < -0.3 is 9.31 Å². The van der Waals surface area contributed by atoms with Gasteiger partial charge in [0, 0.05) is 21.3 Å². The summed E-state index contributed by atoms with van der Waals surface area (Å²) in [5.74, 6) is -0.380. The molecule has 1 aromatic carbocycles. The van der Waals surface area contributed by atoms with Crippen LogP contribution < -0.4 is 5.46 Å². The van der Waals surface area contributed by atoms with Gasteiger partial charge in [0.25, 0.3) is 0 Å². The van der Waals surface area contributed by atoms with E-state index < -0.39 is 27.4 Å². The number of hydrogen-bond acceptors (Lipinski definition) is 5. The molecule has 130 valence electrons. The van der Waals surface area contributed by atoms with Gasteiger partial charge in [0.1, 0.15) is 0 Å². The zero-order chi connectivity index (χ0) is 18.3. The Labute approximate surface area is 146 Å². The van der Waals surface area contributed by atoms with E-state index in [1.54, 1.807) is 13.0 Å². The van der Waals surface area contributed by atoms with E-state index in [-0.39, 0.29) is 5.75 Å². The van der Waals surface area contributed by atoms with Gasteiger partial charge in [0.15, 0.2) is 0 Å². The highest BCUT2D eigenvalue weighted by Gasteiger charge is 2.52. The molecule has 0 saturated carbocycles. The van der Waals surface area contributed by atoms with E-state index in [2.05, 4.69) is 10.0 Å². The summed E-state index contributed by atoms with van der Waals surface area (Å²) < 4.78 is 34.8. The first-order chi connectivity index (χ1) is 10.9. The van der Waals surface area contributed by atoms with Crippen LogP contribution in [0.25, 0.3) is 10.4 Å². The van der Waals surface area contributed by atoms with Gasteiger partial charge in [-0.15, -0.1) is 0 Å². The van der Waals surface area contributed by atoms with E-state index in [0.29, 0.717) is 22.3 Å². The third-order valence-electron chi connectivity index (χ3n) is 4.48. The van der Waals surface area contributed by atoms with Gasteiger partial charge >= 0.3 is 7.12 Å². The van der Waals surface area contributed by atoms with Crippen LogP contribution in [0.4, 0.5) is 5.69 Å². The number of halogens is 1. The fourth-order valence-corrected chi connectivity index (χ4v) is 3.37. The van der Waals surface area contributed by atoms with Crippen LogP contribution in [0.2, 0.25) is 0 Å². The molecular formula is C14H19BClN3O4S. The number of nitrogens with zero attached hydrogens (tertiary/aromatic N) is 3. The maximum Gasteiger partial charge on any atom is 0.495 e. The lowest BCUT2D eigenvalue weighted by Gasteiger charge is -2.32. The first kappa shape index (κ1) is 19.1. The van der Waals surface area contributed by atoms with Crippen molar-refractivity contribution in [3.05, 3.63) is 33.7 Å². The summed E-state index contributed by atoms with van der Waals surface area (Å²) in [5, 5.41) is 3.63. The molecule has 0 bridgehead atoms. The zero-order valence-corrected chi connectivity index (χ0v) is 15.8. The van der Waals surface area contributed by atoms with Crippen LogP contribution in [0.5, 0.6) is 0 Å². The standard InChI is InChI=1S/C14H19BClN3O4S/c1-9-11(15-22-13(2,3)14(4,5)23-15)6-10(8-24(16,20)21)7-12(9)18-19-17/h6-7H,8H2,1-5H3. The second kappa shape index (κ2) is 6.24. The van der Waals surface area contributed by atoms with Gasteiger partial charge in [-0.05, 0) is 62.8 Å². The molecule has 10 heteroatoms. The lowest BCUT2D eigenvalue weighted by Crippen LogP contribution is -2.41. The van der Waals surface area contributed by atoms with Gasteiger partial charge in [-0.1, -0.05) is 11.2 Å². The van der Waals surface area contributed by atoms with Crippen molar-refractivity contribution in [2.24, 2.45) is 5.11 Å². The lowest BCUT2D eigenvalue weighted by molar-refractivity contribution is 0.00578. The van der Waals surface area contributed by atoms with Crippen molar-refractivity contribution in [2.45, 2.75) is 51.6 Å². The molecule has 1 aromatic rings. The summed E-state index contributed by atoms with van der Waals surface area (Å²) in [4.78, 5) is 2.79. The highest BCUT2D eigenvalue weighted by atomic mass is 35.7. The minimum atomic E-state index is -3.75. The Morgan fingerprint density at radius 1 is 1.25 bits per heavy atom. The molecule has 1 aliphatic heterocycles. The molecule has 2 rings (SSSR count). The van der Waals surface area contributed by atoms with Crippen molar-refractivity contribution in [2.75, 3.05) is 0 Å². The van der Waals surface area contributed by atoms with Crippen LogP contribution >= 0.6 is 10.7 Å². The summed E-state index contributed by atoms with van der Waals surface area (Å²) in [5.41, 5.74) is 9.67. The highest BCUT2D eigenvalue weighted by molar-refractivity contribution is 8.13. The molecule has 24 heavy (non-hydrogen) atoms. The molecule has 1 aliphatic rings. The molecule has 0 atom stereocenters. The van der Waals surface area contributed by atoms with E-state index >= 15 is 0 Å². The maximum absolute atomic E-state index is 11.4. The summed E-state index contributed by atoms with van der Waals surface area (Å²) >= 11 is 0. The first-order valence-corrected chi connectivity index (χ1v) is 9.80. The molecule has 0 aliphatic carbocycles. The monoisotopic (exact) mass is 371 g/mol. The van der Waals surface area contributed by atoms with Crippen LogP contribution in [-0.4, -0.2) is 26.7 Å². The molecule has 0 unspecified atom stereocenters. The molecule has 1 fully saturated rings. The Morgan fingerprint density at radius 2 is 1.79 bits per heavy atom. The van der Waals surface area contributed by atoms with Gasteiger partial charge in [0.05, 0.1) is 17.0 Å². The third kappa shape index (κ3) is 3.87. The predicted molar refractivity (Wildman–Crippen MR) is 94.2 cm³/mol. The fraction of sp³-hybridized carbons (Fsp3) is 0.571. The highest BCUT2D eigenvalue weighted by Crippen LogP contribution is 2.37. The van der Waals surface area contributed by atoms with E-state index in [1.807, 2.05) is 27.7 Å². The summed E-state index contributed by atoms with van der Waals surface area (Å²) in [7, 11) is 0.900. The van der Waals surface area contributed by atoms with Crippen LogP contribution in [0, 0.1) is 6.92 Å². The second-order valence-electron chi connectivity index (χ2n) is 6.79. The molecule has 0 spiro atoms. The van der Waals surface area contributed by atoms with Gasteiger partial charge in [-0.2, -0.15) is 0 Å². The summed E-state index contributed by atoms with van der Waals surface area (Å²) in [6.45, 7) is 9.45. The third-order valence-corrected chi connectivity index (χ3v) is 5.48. The molecule has 1 saturated heterocycles. The predicted octanol–water partition coefficient (Wildman–Crippen LogP) is 3.30. The second-order valence-corrected chi connectivity index (χ2v) is 9.57. The van der Waals surface area contributed by atoms with E-state index in [0.717, 1.165) is 0 Å². The number of rotatable bonds is 4. The van der Waals surface area contributed by atoms with Crippen LogP contribution in [0.15, 0.2) is 17.2 Å². The average Bonchev–Trinajstić information content (AvgIpc) is 2.60. The number of benzene rings is 1. The molecule has 7 nitrogen and oxygen atoms in total. The smallest absolute Gasteiger partial charge is 0.399 e. The number of hydrogen-bond donors (Lipinski definition) is 0. The van der Waals surface area contributed by atoms with Crippen LogP contribution in [-0.2, 0) is 24.1 Å². The van der Waals surface area contributed by atoms with Gasteiger partial charge in [-0.25, -0.2) is 8.42 Å². The van der Waals surface area contributed by atoms with E-state index in [9.17, 15) is 8.42 Å². The minimum absolute atomic E-state index is 0.319. The summed E-state index contributed by atoms with van der Waals surface area (Å²) in [6, 6.07) is 3.16. The van der Waals surface area contributed by atoms with Crippen molar-refractivity contribution in [1.29, 1.82) is 0 Å². The SMILES string of the molecule is Cc1c(N=[N+]=[N-])cc(CS(=O)(=O)Cl)cc1B1OC(C)(C)C(C)(C)O1. The first-order valence-electron chi connectivity index (χ1n) is 7.33. The van der Waals surface area contributed by atoms with Crippen molar-refractivity contribution in [1.82, 2.24) is 0 Å². The Morgan fingerprint density at radius 3 is 2.25 bits per heavy atom. The Kier molecular flexibility index (Phi) is 4.96. The van der Waals surface area contributed by atoms with Crippen molar-refractivity contribution in [3.8, 4) is 0 Å². The molecule has 0 amide bonds. The zero-order valence-electron chi connectivity index (χ0n) is 14.2. The molecular weight excluding hydrogens is 353 g/mol. The Hall–Kier alpha value is -1.25. The van der Waals surface area contributed by atoms with Crippen molar-refractivity contribution >= 4 is 38.0 Å². The molecule has 1 heterocycles. The van der Waals surface area contributed by atoms with Crippen molar-refractivity contribution in [3.63, 3.8) is 0 Å². The van der Waals surface area contributed by atoms with Gasteiger partial charge in [0.2, 0.25) is 9.05 Å². The topological polar surface area (TPSA) is 101 Å². The molecule has 0 radical (unpaired) electrons. The van der Waals surface area contributed by atoms with Gasteiger partial charge in [-0.3, -0.25) is 0 Å². The van der Waals surface area contributed by atoms with E-state index in [4.69, 9.17) is 25.5 Å². The quantitative estimate of drug-likeness (QED) is 0.266. The molecule has 0 aromatic heterocycles. The Balaban J connectivity index is 2.55. The largest absolute Gasteiger partial charge is 0.495 e. The molecule has 0 N–H and O–H groups in total. The lowest BCUT2D eigenvalue weighted by atomic mass is 9.75. The minimum Gasteiger partial charge on any atom is -0.399 e. The van der Waals surface area contributed by atoms with Crippen LogP contribution in [0.3, 0.4) is 0 Å². The number of azide groups is 1. The van der Waals surface area contributed by atoms with Crippen LogP contribution in [0.1, 0.15) is 38.8 Å². The van der Waals surface area contributed by atoms with Crippen molar-refractivity contribution < 1.29 is 17.7 Å². The maximum atomic E-state index is 11.4. The average molecular weight is 372 g/mol. The van der Waals surface area contributed by atoms with E-state index in [1.165, 1.54) is 6.07 Å². The normalized spacial score (nSPS) is 19.2.